The number of halogens is 2. The number of carbonyl (C=O) groups excluding carboxylic acids is 1. The van der Waals surface area contributed by atoms with Crippen LogP contribution in [0.5, 0.6) is 0 Å². The van der Waals surface area contributed by atoms with Gasteiger partial charge in [-0.25, -0.2) is 17.2 Å². The lowest BCUT2D eigenvalue weighted by atomic mass is 9.90. The highest BCUT2D eigenvalue weighted by Crippen LogP contribution is 2.31. The van der Waals surface area contributed by atoms with E-state index in [-0.39, 0.29) is 10.7 Å². The summed E-state index contributed by atoms with van der Waals surface area (Å²) in [5.74, 6) is -1.50. The quantitative estimate of drug-likeness (QED) is 0.703. The molecule has 0 bridgehead atoms. The van der Waals surface area contributed by atoms with Crippen molar-refractivity contribution in [3.8, 4) is 0 Å². The number of benzene rings is 2. The Labute approximate surface area is 164 Å². The van der Waals surface area contributed by atoms with Gasteiger partial charge in [-0.1, -0.05) is 6.07 Å². The molecule has 3 rings (SSSR count). The number of carbonyl (C=O) groups is 1. The van der Waals surface area contributed by atoms with Gasteiger partial charge in [0.05, 0.1) is 10.6 Å². The molecule has 0 radical (unpaired) electrons. The van der Waals surface area contributed by atoms with Crippen LogP contribution in [0.25, 0.3) is 0 Å². The molecule has 2 aromatic carbocycles. The molecular formula is C21H23F2NO3S. The van der Waals surface area contributed by atoms with Gasteiger partial charge in [0, 0.05) is 24.9 Å². The van der Waals surface area contributed by atoms with Crippen molar-refractivity contribution in [3.63, 3.8) is 0 Å². The Hall–Kier alpha value is -2.28. The van der Waals surface area contributed by atoms with Crippen LogP contribution < -0.4 is 4.90 Å². The van der Waals surface area contributed by atoms with Crippen molar-refractivity contribution in [1.29, 1.82) is 0 Å². The van der Waals surface area contributed by atoms with E-state index in [0.29, 0.717) is 36.7 Å². The third-order valence-electron chi connectivity index (χ3n) is 5.23. The smallest absolute Gasteiger partial charge is 0.177 e. The second-order valence-corrected chi connectivity index (χ2v) is 9.38. The number of Topliss-reactive ketones (excluding diaryl/α,β-unsaturated/α-hetero) is 1. The fraction of sp³-hybridized carbons (Fsp3) is 0.381. The summed E-state index contributed by atoms with van der Waals surface area (Å²) in [6.45, 7) is 2.73. The highest BCUT2D eigenvalue weighted by molar-refractivity contribution is 7.90. The molecule has 150 valence electrons. The normalized spacial score (nSPS) is 15.6. The Kier molecular flexibility index (Phi) is 5.84. The SMILES string of the molecule is CC(=O)c1ccc(S(C)(=O)=O)c(N2CCC(Cc3ccc(F)c(F)c3)CC2)c1. The molecule has 28 heavy (non-hydrogen) atoms. The lowest BCUT2D eigenvalue weighted by Crippen LogP contribution is -2.35. The number of piperidine rings is 1. The maximum Gasteiger partial charge on any atom is 0.177 e. The molecule has 1 aliphatic rings. The van der Waals surface area contributed by atoms with E-state index in [2.05, 4.69) is 0 Å². The first-order valence-corrected chi connectivity index (χ1v) is 11.1. The maximum absolute atomic E-state index is 13.4. The monoisotopic (exact) mass is 407 g/mol. The summed E-state index contributed by atoms with van der Waals surface area (Å²) in [5.41, 5.74) is 1.79. The Morgan fingerprint density at radius 1 is 1.07 bits per heavy atom. The summed E-state index contributed by atoms with van der Waals surface area (Å²) in [6.07, 6.45) is 3.41. The van der Waals surface area contributed by atoms with E-state index < -0.39 is 21.5 Å². The predicted molar refractivity (Wildman–Crippen MR) is 105 cm³/mol. The first-order chi connectivity index (χ1) is 13.1. The first kappa shape index (κ1) is 20.5. The average Bonchev–Trinajstić information content (AvgIpc) is 2.64. The van der Waals surface area contributed by atoms with Gasteiger partial charge in [-0.2, -0.15) is 0 Å². The molecule has 1 saturated heterocycles. The van der Waals surface area contributed by atoms with E-state index in [1.807, 2.05) is 4.90 Å². The summed E-state index contributed by atoms with van der Waals surface area (Å²) < 4.78 is 50.8. The van der Waals surface area contributed by atoms with Crippen molar-refractivity contribution < 1.29 is 22.0 Å². The van der Waals surface area contributed by atoms with Crippen molar-refractivity contribution in [2.24, 2.45) is 5.92 Å². The predicted octanol–water partition coefficient (Wildman–Crippen LogP) is 4.03. The molecule has 7 heteroatoms. The lowest BCUT2D eigenvalue weighted by molar-refractivity contribution is 0.101. The number of sulfone groups is 1. The largest absolute Gasteiger partial charge is 0.370 e. The molecule has 0 amide bonds. The Morgan fingerprint density at radius 2 is 1.75 bits per heavy atom. The second-order valence-electron chi connectivity index (χ2n) is 7.39. The van der Waals surface area contributed by atoms with Crippen molar-refractivity contribution in [2.45, 2.75) is 31.1 Å². The molecule has 0 unspecified atom stereocenters. The molecule has 0 atom stereocenters. The number of anilines is 1. The van der Waals surface area contributed by atoms with Gasteiger partial charge in [0.15, 0.2) is 27.3 Å². The minimum Gasteiger partial charge on any atom is -0.370 e. The molecule has 0 N–H and O–H groups in total. The number of hydrogen-bond acceptors (Lipinski definition) is 4. The van der Waals surface area contributed by atoms with E-state index in [0.717, 1.165) is 30.7 Å². The molecule has 1 fully saturated rings. The van der Waals surface area contributed by atoms with Crippen LogP contribution in [0.15, 0.2) is 41.3 Å². The van der Waals surface area contributed by atoms with Crippen LogP contribution in [-0.2, 0) is 16.3 Å². The van der Waals surface area contributed by atoms with Gasteiger partial charge in [0.25, 0.3) is 0 Å². The van der Waals surface area contributed by atoms with Crippen molar-refractivity contribution in [3.05, 3.63) is 59.2 Å². The van der Waals surface area contributed by atoms with Gasteiger partial charge in [-0.15, -0.1) is 0 Å². The summed E-state index contributed by atoms with van der Waals surface area (Å²) in [4.78, 5) is 13.9. The highest BCUT2D eigenvalue weighted by Gasteiger charge is 2.25. The lowest BCUT2D eigenvalue weighted by Gasteiger charge is -2.34. The zero-order valence-corrected chi connectivity index (χ0v) is 16.7. The molecule has 4 nitrogen and oxygen atoms in total. The van der Waals surface area contributed by atoms with Crippen molar-refractivity contribution in [1.82, 2.24) is 0 Å². The summed E-state index contributed by atoms with van der Waals surface area (Å²) >= 11 is 0. The first-order valence-electron chi connectivity index (χ1n) is 9.19. The van der Waals surface area contributed by atoms with E-state index in [1.54, 1.807) is 12.1 Å². The van der Waals surface area contributed by atoms with Crippen LogP contribution in [0.1, 0.15) is 35.7 Å². The zero-order valence-electron chi connectivity index (χ0n) is 15.9. The van der Waals surface area contributed by atoms with Crippen molar-refractivity contribution in [2.75, 3.05) is 24.2 Å². The number of ketones is 1. The topological polar surface area (TPSA) is 54.5 Å². The molecule has 2 aromatic rings. The van der Waals surface area contributed by atoms with Gasteiger partial charge in [0.2, 0.25) is 0 Å². The standard InChI is InChI=1S/C21H23F2NO3S/c1-14(25)17-4-6-21(28(2,26)27)20(13-17)24-9-7-15(8-10-24)11-16-3-5-18(22)19(23)12-16/h3-6,12-13,15H,7-11H2,1-2H3. The number of nitrogens with zero attached hydrogens (tertiary/aromatic N) is 1. The fourth-order valence-electron chi connectivity index (χ4n) is 3.67. The average molecular weight is 407 g/mol. The van der Waals surface area contributed by atoms with Crippen LogP contribution in [0.2, 0.25) is 0 Å². The van der Waals surface area contributed by atoms with Gasteiger partial charge in [-0.05, 0) is 68.0 Å². The Balaban J connectivity index is 1.76. The fourth-order valence-corrected chi connectivity index (χ4v) is 4.56. The van der Waals surface area contributed by atoms with E-state index in [4.69, 9.17) is 0 Å². The third kappa shape index (κ3) is 4.58. The molecule has 1 heterocycles. The van der Waals surface area contributed by atoms with Crippen molar-refractivity contribution >= 4 is 21.3 Å². The number of hydrogen-bond donors (Lipinski definition) is 0. The molecular weight excluding hydrogens is 384 g/mol. The Bertz CT molecular complexity index is 997. The maximum atomic E-state index is 13.4. The van der Waals surface area contributed by atoms with E-state index in [1.165, 1.54) is 25.1 Å². The minimum absolute atomic E-state index is 0.116. The molecule has 0 aromatic heterocycles. The van der Waals surface area contributed by atoms with Crippen LogP contribution >= 0.6 is 0 Å². The summed E-state index contributed by atoms with van der Waals surface area (Å²) in [7, 11) is -3.43. The molecule has 0 aliphatic carbocycles. The van der Waals surface area contributed by atoms with Gasteiger partial charge in [-0.3, -0.25) is 4.79 Å². The summed E-state index contributed by atoms with van der Waals surface area (Å²) in [5, 5.41) is 0. The third-order valence-corrected chi connectivity index (χ3v) is 6.37. The molecule has 0 spiro atoms. The van der Waals surface area contributed by atoms with Gasteiger partial charge >= 0.3 is 0 Å². The van der Waals surface area contributed by atoms with Crippen LogP contribution in [0, 0.1) is 17.6 Å². The minimum atomic E-state index is -3.43. The van der Waals surface area contributed by atoms with Gasteiger partial charge in [0.1, 0.15) is 0 Å². The second kappa shape index (κ2) is 7.99. The Morgan fingerprint density at radius 3 is 2.32 bits per heavy atom. The van der Waals surface area contributed by atoms with Crippen LogP contribution in [0.4, 0.5) is 14.5 Å². The summed E-state index contributed by atoms with van der Waals surface area (Å²) in [6, 6.07) is 8.66. The van der Waals surface area contributed by atoms with Crippen LogP contribution in [-0.4, -0.2) is 33.5 Å². The van der Waals surface area contributed by atoms with Crippen LogP contribution in [0.3, 0.4) is 0 Å². The number of rotatable bonds is 5. The van der Waals surface area contributed by atoms with Gasteiger partial charge < -0.3 is 4.90 Å². The molecule has 1 aliphatic heterocycles. The van der Waals surface area contributed by atoms with E-state index in [9.17, 15) is 22.0 Å². The molecule has 0 saturated carbocycles. The highest BCUT2D eigenvalue weighted by atomic mass is 32.2. The zero-order chi connectivity index (χ0) is 20.5. The van der Waals surface area contributed by atoms with E-state index >= 15 is 0 Å².